The first kappa shape index (κ1) is 12.5. The monoisotopic (exact) mass is 227 g/mol. The molecule has 0 aliphatic rings. The molecule has 0 aliphatic carbocycles. The van der Waals surface area contributed by atoms with E-state index in [0.717, 1.165) is 5.56 Å². The van der Waals surface area contributed by atoms with E-state index in [1.807, 2.05) is 44.2 Å². The minimum atomic E-state index is -0.526. The number of halogens is 1. The molecule has 3 heteroatoms. The fourth-order valence-electron chi connectivity index (χ4n) is 1.52. The maximum Gasteiger partial charge on any atom is 0.0966 e. The normalized spacial score (nSPS) is 13.9. The molecule has 0 amide bonds. The Labute approximate surface area is 96.3 Å². The zero-order valence-corrected chi connectivity index (χ0v) is 9.96. The number of alkyl halides is 1. The molecule has 0 fully saturated rings. The van der Waals surface area contributed by atoms with Gasteiger partial charge in [0.05, 0.1) is 6.10 Å². The van der Waals surface area contributed by atoms with Crippen molar-refractivity contribution in [1.29, 1.82) is 0 Å². The molecular weight excluding hydrogens is 210 g/mol. The predicted molar refractivity (Wildman–Crippen MR) is 64.2 cm³/mol. The molecule has 84 valence electrons. The number of aliphatic hydroxyl groups excluding tert-OH is 1. The van der Waals surface area contributed by atoms with Crippen molar-refractivity contribution < 1.29 is 5.11 Å². The molecule has 0 heterocycles. The number of benzene rings is 1. The van der Waals surface area contributed by atoms with E-state index in [1.54, 1.807) is 0 Å². The average Bonchev–Trinajstić information content (AvgIpc) is 2.26. The summed E-state index contributed by atoms with van der Waals surface area (Å²) in [4.78, 5) is 0. The fraction of sp³-hybridized carbons (Fsp3) is 0.500. The highest BCUT2D eigenvalue weighted by Gasteiger charge is 2.27. The van der Waals surface area contributed by atoms with Crippen LogP contribution in [0.4, 0.5) is 0 Å². The second-order valence-corrected chi connectivity index (χ2v) is 4.53. The smallest absolute Gasteiger partial charge is 0.0966 e. The van der Waals surface area contributed by atoms with Gasteiger partial charge in [-0.1, -0.05) is 30.3 Å². The number of hydrogen-bond donors (Lipinski definition) is 2. The molecule has 1 aromatic rings. The topological polar surface area (TPSA) is 32.3 Å². The van der Waals surface area contributed by atoms with Gasteiger partial charge in [0.2, 0.25) is 0 Å². The van der Waals surface area contributed by atoms with Gasteiger partial charge in [-0.25, -0.2) is 0 Å². The van der Waals surface area contributed by atoms with Gasteiger partial charge < -0.3 is 10.4 Å². The Hall–Kier alpha value is -0.570. The van der Waals surface area contributed by atoms with Crippen LogP contribution >= 0.6 is 11.6 Å². The first-order chi connectivity index (χ1) is 7.08. The van der Waals surface area contributed by atoms with Crippen molar-refractivity contribution >= 4 is 11.6 Å². The summed E-state index contributed by atoms with van der Waals surface area (Å²) in [7, 11) is 0. The van der Waals surface area contributed by atoms with Crippen LogP contribution < -0.4 is 5.32 Å². The maximum atomic E-state index is 10.2. The van der Waals surface area contributed by atoms with Gasteiger partial charge in [-0.3, -0.25) is 0 Å². The van der Waals surface area contributed by atoms with E-state index in [1.165, 1.54) is 0 Å². The zero-order valence-electron chi connectivity index (χ0n) is 9.20. The number of hydrogen-bond acceptors (Lipinski definition) is 2. The van der Waals surface area contributed by atoms with Crippen LogP contribution in [-0.4, -0.2) is 23.1 Å². The minimum Gasteiger partial charge on any atom is -0.387 e. The molecule has 2 nitrogen and oxygen atoms in total. The standard InChI is InChI=1S/C12H18ClNO/c1-12(2,14-9-8-13)11(15)10-6-4-3-5-7-10/h3-7,11,14-15H,8-9H2,1-2H3/t11-/m1/s1. The van der Waals surface area contributed by atoms with E-state index in [9.17, 15) is 5.11 Å². The molecule has 0 saturated carbocycles. The van der Waals surface area contributed by atoms with Gasteiger partial charge >= 0.3 is 0 Å². The summed E-state index contributed by atoms with van der Waals surface area (Å²) < 4.78 is 0. The summed E-state index contributed by atoms with van der Waals surface area (Å²) in [6, 6.07) is 9.64. The lowest BCUT2D eigenvalue weighted by Crippen LogP contribution is -2.45. The first-order valence-corrected chi connectivity index (χ1v) is 5.65. The van der Waals surface area contributed by atoms with Crippen LogP contribution in [0.15, 0.2) is 30.3 Å². The molecule has 15 heavy (non-hydrogen) atoms. The lowest BCUT2D eigenvalue weighted by Gasteiger charge is -2.32. The van der Waals surface area contributed by atoms with Crippen LogP contribution in [0.5, 0.6) is 0 Å². The van der Waals surface area contributed by atoms with Crippen molar-refractivity contribution in [3.63, 3.8) is 0 Å². The van der Waals surface area contributed by atoms with Crippen molar-refractivity contribution in [3.8, 4) is 0 Å². The second kappa shape index (κ2) is 5.50. The molecule has 0 bridgehead atoms. The molecule has 1 atom stereocenters. The number of nitrogens with one attached hydrogen (secondary N) is 1. The van der Waals surface area contributed by atoms with E-state index in [2.05, 4.69) is 5.32 Å². The van der Waals surface area contributed by atoms with Crippen LogP contribution in [-0.2, 0) is 0 Å². The van der Waals surface area contributed by atoms with Crippen LogP contribution in [0.25, 0.3) is 0 Å². The predicted octanol–water partition coefficient (Wildman–Crippen LogP) is 2.33. The van der Waals surface area contributed by atoms with Gasteiger partial charge in [0.1, 0.15) is 0 Å². The second-order valence-electron chi connectivity index (χ2n) is 4.15. The molecule has 0 aliphatic heterocycles. The molecule has 0 spiro atoms. The van der Waals surface area contributed by atoms with Crippen LogP contribution in [0.3, 0.4) is 0 Å². The summed E-state index contributed by atoms with van der Waals surface area (Å²) in [6.07, 6.45) is -0.526. The van der Waals surface area contributed by atoms with E-state index in [4.69, 9.17) is 11.6 Å². The molecule has 0 aromatic heterocycles. The van der Waals surface area contributed by atoms with E-state index in [0.29, 0.717) is 12.4 Å². The third-order valence-corrected chi connectivity index (χ3v) is 2.66. The van der Waals surface area contributed by atoms with Gasteiger partial charge in [0.15, 0.2) is 0 Å². The SMILES string of the molecule is CC(C)(NCCCl)[C@H](O)c1ccccc1. The summed E-state index contributed by atoms with van der Waals surface area (Å²) in [5.74, 6) is 0.547. The molecule has 0 radical (unpaired) electrons. The third-order valence-electron chi connectivity index (χ3n) is 2.47. The zero-order chi connectivity index (χ0) is 11.3. The van der Waals surface area contributed by atoms with E-state index in [-0.39, 0.29) is 5.54 Å². The van der Waals surface area contributed by atoms with Gasteiger partial charge in [-0.15, -0.1) is 11.6 Å². The largest absolute Gasteiger partial charge is 0.387 e. The van der Waals surface area contributed by atoms with Crippen molar-refractivity contribution in [1.82, 2.24) is 5.32 Å². The summed E-state index contributed by atoms with van der Waals surface area (Å²) >= 11 is 5.61. The molecular formula is C12H18ClNO. The van der Waals surface area contributed by atoms with Crippen molar-refractivity contribution in [2.24, 2.45) is 0 Å². The van der Waals surface area contributed by atoms with E-state index < -0.39 is 6.10 Å². The lowest BCUT2D eigenvalue weighted by atomic mass is 9.91. The van der Waals surface area contributed by atoms with Gasteiger partial charge in [0.25, 0.3) is 0 Å². The highest BCUT2D eigenvalue weighted by molar-refractivity contribution is 6.18. The Morgan fingerprint density at radius 1 is 1.33 bits per heavy atom. The highest BCUT2D eigenvalue weighted by atomic mass is 35.5. The minimum absolute atomic E-state index is 0.365. The molecule has 1 rings (SSSR count). The number of rotatable bonds is 5. The van der Waals surface area contributed by atoms with Gasteiger partial charge in [-0.2, -0.15) is 0 Å². The van der Waals surface area contributed by atoms with Crippen LogP contribution in [0, 0.1) is 0 Å². The van der Waals surface area contributed by atoms with E-state index >= 15 is 0 Å². The Balaban J connectivity index is 2.70. The summed E-state index contributed by atoms with van der Waals surface area (Å²) in [5.41, 5.74) is 0.556. The molecule has 1 aromatic carbocycles. The molecule has 2 N–H and O–H groups in total. The van der Waals surface area contributed by atoms with Crippen molar-refractivity contribution in [2.45, 2.75) is 25.5 Å². The Kier molecular flexibility index (Phi) is 4.58. The lowest BCUT2D eigenvalue weighted by molar-refractivity contribution is 0.0817. The molecule has 0 unspecified atom stereocenters. The van der Waals surface area contributed by atoms with Crippen LogP contribution in [0.2, 0.25) is 0 Å². The first-order valence-electron chi connectivity index (χ1n) is 5.12. The average molecular weight is 228 g/mol. The maximum absolute atomic E-state index is 10.2. The van der Waals surface area contributed by atoms with Gasteiger partial charge in [-0.05, 0) is 19.4 Å². The Morgan fingerprint density at radius 2 is 1.93 bits per heavy atom. The summed E-state index contributed by atoms with van der Waals surface area (Å²) in [6.45, 7) is 4.63. The quantitative estimate of drug-likeness (QED) is 0.757. The summed E-state index contributed by atoms with van der Waals surface area (Å²) in [5, 5.41) is 13.4. The highest BCUT2D eigenvalue weighted by Crippen LogP contribution is 2.24. The van der Waals surface area contributed by atoms with Crippen molar-refractivity contribution in [3.05, 3.63) is 35.9 Å². The fourth-order valence-corrected chi connectivity index (χ4v) is 1.61. The van der Waals surface area contributed by atoms with Crippen LogP contribution in [0.1, 0.15) is 25.5 Å². The van der Waals surface area contributed by atoms with Crippen molar-refractivity contribution in [2.75, 3.05) is 12.4 Å². The van der Waals surface area contributed by atoms with Gasteiger partial charge in [0, 0.05) is 18.0 Å². The molecule has 0 saturated heterocycles. The third kappa shape index (κ3) is 3.49. The number of aliphatic hydroxyl groups is 1. The Bertz CT molecular complexity index is 287. The Morgan fingerprint density at radius 3 is 2.47 bits per heavy atom.